The van der Waals surface area contributed by atoms with Gasteiger partial charge in [-0.3, -0.25) is 0 Å². The monoisotopic (exact) mass is 456 g/mol. The van der Waals surface area contributed by atoms with Gasteiger partial charge in [0.1, 0.15) is 0 Å². The van der Waals surface area contributed by atoms with Gasteiger partial charge in [-0.05, 0) is 48.6 Å². The van der Waals surface area contributed by atoms with E-state index in [2.05, 4.69) is 74.7 Å². The van der Waals surface area contributed by atoms with E-state index in [0.29, 0.717) is 16.0 Å². The summed E-state index contributed by atoms with van der Waals surface area (Å²) in [7, 11) is -3.53. The van der Waals surface area contributed by atoms with Crippen molar-refractivity contribution in [2.45, 2.75) is 134 Å². The molecule has 0 amide bonds. The Morgan fingerprint density at radius 1 is 0.655 bits per heavy atom. The third kappa shape index (κ3) is 4.40. The lowest BCUT2D eigenvalue weighted by molar-refractivity contribution is -0.144. The lowest BCUT2D eigenvalue weighted by Gasteiger charge is -2.65. The van der Waals surface area contributed by atoms with Crippen molar-refractivity contribution in [3.8, 4) is 0 Å². The zero-order valence-electron chi connectivity index (χ0n) is 21.1. The van der Waals surface area contributed by atoms with Crippen molar-refractivity contribution in [2.24, 2.45) is 5.92 Å². The number of hydrogen-bond donors (Lipinski definition) is 0. The minimum Gasteiger partial charge on any atom is -0.378 e. The smallest absolute Gasteiger partial charge is 0.187 e. The molecule has 0 saturated carbocycles. The second-order valence-electron chi connectivity index (χ2n) is 12.9. The van der Waals surface area contributed by atoms with Crippen molar-refractivity contribution >= 4 is 33.5 Å². The predicted molar refractivity (Wildman–Crippen MR) is 139 cm³/mol. The fraction of sp³-hybridized carbons (Fsp3) is 1.00. The average Bonchev–Trinajstić information content (AvgIpc) is 2.60. The van der Waals surface area contributed by atoms with Gasteiger partial charge in [0.25, 0.3) is 0 Å². The summed E-state index contributed by atoms with van der Waals surface area (Å²) in [6, 6.07) is 0. The summed E-state index contributed by atoms with van der Waals surface area (Å²) in [5.41, 5.74) is 0. The van der Waals surface area contributed by atoms with E-state index >= 15 is 0 Å². The molecule has 2 heterocycles. The first-order valence-electron chi connectivity index (χ1n) is 11.8. The van der Waals surface area contributed by atoms with Gasteiger partial charge in [0.2, 0.25) is 0 Å². The van der Waals surface area contributed by atoms with E-state index in [0.717, 1.165) is 13.2 Å². The van der Waals surface area contributed by atoms with Crippen molar-refractivity contribution in [2.75, 3.05) is 13.2 Å². The Bertz CT molecular complexity index is 486. The van der Waals surface area contributed by atoms with Crippen LogP contribution >= 0.6 is 0 Å². The van der Waals surface area contributed by atoms with E-state index in [1.54, 1.807) is 0 Å². The van der Waals surface area contributed by atoms with Gasteiger partial charge < -0.3 is 9.47 Å². The highest BCUT2D eigenvalue weighted by Crippen LogP contribution is 2.59. The first-order valence-corrected chi connectivity index (χ1v) is 17.8. The standard InChI is InChI=1S/C24H50O2Si2.Al.3H/c1-20(23(16-12-14-18-25-23)27(8,9)21(2,3)4)24(17-13-15-19-26-24)28(10,11)22(5,6)7;;;;/h20H,12-19H2,1-11H3;;;;. The van der Waals surface area contributed by atoms with Gasteiger partial charge in [-0.15, -0.1) is 0 Å². The number of hydrogen-bond acceptors (Lipinski definition) is 2. The van der Waals surface area contributed by atoms with Crippen LogP contribution < -0.4 is 0 Å². The Morgan fingerprint density at radius 2 is 0.966 bits per heavy atom. The van der Waals surface area contributed by atoms with Crippen molar-refractivity contribution in [3.63, 3.8) is 0 Å². The molecule has 0 spiro atoms. The number of ether oxygens (including phenoxy) is 2. The molecule has 0 N–H and O–H groups in total. The highest BCUT2D eigenvalue weighted by Gasteiger charge is 2.67. The highest BCUT2D eigenvalue weighted by atomic mass is 28.3. The first kappa shape index (κ1) is 27.9. The maximum Gasteiger partial charge on any atom is 0.187 e. The van der Waals surface area contributed by atoms with Gasteiger partial charge in [0, 0.05) is 19.1 Å². The third-order valence-electron chi connectivity index (χ3n) is 9.87. The molecule has 0 bridgehead atoms. The summed E-state index contributed by atoms with van der Waals surface area (Å²) in [4.78, 5) is 0. The van der Waals surface area contributed by atoms with Gasteiger partial charge in [-0.2, -0.15) is 0 Å². The second kappa shape index (κ2) is 9.03. The fourth-order valence-electron chi connectivity index (χ4n) is 6.03. The Morgan fingerprint density at radius 3 is 1.17 bits per heavy atom. The minimum atomic E-state index is -1.77. The summed E-state index contributed by atoms with van der Waals surface area (Å²) in [6.07, 6.45) is 7.51. The van der Waals surface area contributed by atoms with Crippen LogP contribution in [0.5, 0.6) is 0 Å². The summed E-state index contributed by atoms with van der Waals surface area (Å²) in [6.45, 7) is 29.6. The summed E-state index contributed by atoms with van der Waals surface area (Å²) >= 11 is 0. The van der Waals surface area contributed by atoms with Gasteiger partial charge in [0.15, 0.2) is 17.4 Å². The van der Waals surface area contributed by atoms with Crippen molar-refractivity contribution < 1.29 is 9.47 Å². The van der Waals surface area contributed by atoms with Crippen LogP contribution in [0.2, 0.25) is 36.3 Å². The molecule has 29 heavy (non-hydrogen) atoms. The van der Waals surface area contributed by atoms with Crippen molar-refractivity contribution in [3.05, 3.63) is 0 Å². The Kier molecular flexibility index (Phi) is 8.69. The minimum absolute atomic E-state index is 0. The Hall–Kier alpha value is 0.886. The van der Waals surface area contributed by atoms with Crippen LogP contribution in [0.3, 0.4) is 0 Å². The zero-order valence-corrected chi connectivity index (χ0v) is 23.1. The predicted octanol–water partition coefficient (Wildman–Crippen LogP) is 6.41. The van der Waals surface area contributed by atoms with Gasteiger partial charge in [0.05, 0.1) is 26.6 Å². The Labute approximate surface area is 195 Å². The summed E-state index contributed by atoms with van der Waals surface area (Å²) in [5, 5.41) is 0.635. The van der Waals surface area contributed by atoms with E-state index < -0.39 is 16.1 Å². The van der Waals surface area contributed by atoms with Gasteiger partial charge in [-0.1, -0.05) is 74.7 Å². The number of rotatable bonds is 4. The molecule has 2 fully saturated rings. The van der Waals surface area contributed by atoms with E-state index in [9.17, 15) is 0 Å². The van der Waals surface area contributed by atoms with Crippen molar-refractivity contribution in [1.82, 2.24) is 0 Å². The quantitative estimate of drug-likeness (QED) is 0.455. The molecule has 0 radical (unpaired) electrons. The maximum absolute atomic E-state index is 7.01. The summed E-state index contributed by atoms with van der Waals surface area (Å²) in [5.74, 6) is 0.461. The van der Waals surface area contributed by atoms with Crippen LogP contribution in [0.1, 0.15) is 87.0 Å². The van der Waals surface area contributed by atoms with Crippen LogP contribution in [0, 0.1) is 5.92 Å². The molecule has 2 saturated heterocycles. The van der Waals surface area contributed by atoms with Gasteiger partial charge in [-0.25, -0.2) is 0 Å². The molecule has 0 aromatic rings. The topological polar surface area (TPSA) is 18.5 Å². The molecule has 2 unspecified atom stereocenters. The van der Waals surface area contributed by atoms with Crippen LogP contribution in [0.15, 0.2) is 0 Å². The average molecular weight is 457 g/mol. The zero-order chi connectivity index (χ0) is 21.6. The van der Waals surface area contributed by atoms with E-state index in [1.165, 1.54) is 38.5 Å². The normalized spacial score (nSPS) is 31.1. The van der Waals surface area contributed by atoms with Crippen LogP contribution in [0.4, 0.5) is 0 Å². The molecule has 2 aliphatic rings. The van der Waals surface area contributed by atoms with Crippen LogP contribution in [-0.2, 0) is 9.47 Å². The SMILES string of the molecule is CC(C1([Si](C)(C)C(C)(C)C)CCCCO1)C1([Si](C)(C)C(C)(C)C)CCCCO1.[AlH3]. The molecule has 5 heteroatoms. The highest BCUT2D eigenvalue weighted by molar-refractivity contribution is 6.85. The van der Waals surface area contributed by atoms with E-state index in [-0.39, 0.29) is 27.8 Å². The van der Waals surface area contributed by atoms with Crippen LogP contribution in [0.25, 0.3) is 0 Å². The van der Waals surface area contributed by atoms with E-state index in [1.807, 2.05) is 0 Å². The third-order valence-corrected chi connectivity index (χ3v) is 23.3. The van der Waals surface area contributed by atoms with Crippen LogP contribution in [-0.4, -0.2) is 57.2 Å². The second-order valence-corrected chi connectivity index (χ2v) is 24.1. The largest absolute Gasteiger partial charge is 0.378 e. The molecular formula is C24H53AlO2Si2. The first-order chi connectivity index (χ1) is 12.6. The summed E-state index contributed by atoms with van der Waals surface area (Å²) < 4.78 is 14.0. The molecule has 0 aromatic heterocycles. The fourth-order valence-corrected chi connectivity index (χ4v) is 13.9. The molecule has 0 aliphatic carbocycles. The molecule has 2 atom stereocenters. The lowest BCUT2D eigenvalue weighted by Crippen LogP contribution is -2.75. The molecule has 0 aromatic carbocycles. The van der Waals surface area contributed by atoms with Crippen molar-refractivity contribution in [1.29, 1.82) is 0 Å². The Balaban J connectivity index is 0.00000420. The maximum atomic E-state index is 7.01. The molecule has 172 valence electrons. The molecule has 2 nitrogen and oxygen atoms in total. The molecule has 2 rings (SSSR count). The molecule has 2 aliphatic heterocycles. The van der Waals surface area contributed by atoms with E-state index in [4.69, 9.17) is 9.47 Å². The molecular weight excluding hydrogens is 403 g/mol. The lowest BCUT2D eigenvalue weighted by atomic mass is 9.87. The van der Waals surface area contributed by atoms with Gasteiger partial charge >= 0.3 is 0 Å².